The molecule has 0 fully saturated rings. The highest BCUT2D eigenvalue weighted by atomic mass is 15.3. The highest BCUT2D eigenvalue weighted by molar-refractivity contribution is 5.71. The van der Waals surface area contributed by atoms with E-state index >= 15 is 0 Å². The summed E-state index contributed by atoms with van der Waals surface area (Å²) >= 11 is 0. The third-order valence-electron chi connectivity index (χ3n) is 2.52. The molecular formula is C12H17N5. The zero-order valence-corrected chi connectivity index (χ0v) is 10.6. The van der Waals surface area contributed by atoms with Crippen molar-refractivity contribution in [3.63, 3.8) is 0 Å². The van der Waals surface area contributed by atoms with Gasteiger partial charge in [-0.2, -0.15) is 5.10 Å². The van der Waals surface area contributed by atoms with Crippen LogP contribution in [0.4, 0.5) is 5.82 Å². The molecule has 5 nitrogen and oxygen atoms in total. The lowest BCUT2D eigenvalue weighted by molar-refractivity contribution is 0.554. The lowest BCUT2D eigenvalue weighted by atomic mass is 9.89. The second-order valence-corrected chi connectivity index (χ2v) is 5.11. The molecule has 2 N–H and O–H groups in total. The molecule has 90 valence electrons. The summed E-state index contributed by atoms with van der Waals surface area (Å²) in [6, 6.07) is 0. The Hall–Kier alpha value is -1.91. The zero-order valence-electron chi connectivity index (χ0n) is 10.6. The fraction of sp³-hybridized carbons (Fsp3) is 0.417. The number of hydrogen-bond acceptors (Lipinski definition) is 4. The predicted octanol–water partition coefficient (Wildman–Crippen LogP) is 1.76. The van der Waals surface area contributed by atoms with Crippen LogP contribution in [0.25, 0.3) is 11.3 Å². The first-order chi connectivity index (χ1) is 7.89. The summed E-state index contributed by atoms with van der Waals surface area (Å²) in [5.74, 6) is 0.436. The Morgan fingerprint density at radius 2 is 1.82 bits per heavy atom. The van der Waals surface area contributed by atoms with Gasteiger partial charge < -0.3 is 5.73 Å². The van der Waals surface area contributed by atoms with E-state index in [0.29, 0.717) is 11.5 Å². The van der Waals surface area contributed by atoms with Gasteiger partial charge in [0.25, 0.3) is 0 Å². The minimum absolute atomic E-state index is 0.0550. The Kier molecular flexibility index (Phi) is 2.61. The molecular weight excluding hydrogens is 214 g/mol. The highest BCUT2D eigenvalue weighted by Gasteiger charge is 2.24. The van der Waals surface area contributed by atoms with Crippen LogP contribution in [-0.2, 0) is 12.5 Å². The van der Waals surface area contributed by atoms with Gasteiger partial charge in [0.05, 0.1) is 5.69 Å². The van der Waals surface area contributed by atoms with E-state index in [2.05, 4.69) is 35.8 Å². The fourth-order valence-electron chi connectivity index (χ4n) is 1.77. The van der Waals surface area contributed by atoms with Gasteiger partial charge in [-0.3, -0.25) is 9.67 Å². The molecule has 0 aromatic carbocycles. The second kappa shape index (κ2) is 3.84. The standard InChI is InChI=1S/C12H17N5/c1-12(2,3)10-8(7-17(4)16-10)9-11(13)15-6-5-14-9/h5-7H,1-4H3,(H2,13,15). The minimum Gasteiger partial charge on any atom is -0.382 e. The lowest BCUT2D eigenvalue weighted by Gasteiger charge is -2.17. The predicted molar refractivity (Wildman–Crippen MR) is 67.3 cm³/mol. The molecule has 0 aliphatic heterocycles. The third-order valence-corrected chi connectivity index (χ3v) is 2.52. The number of rotatable bonds is 1. The van der Waals surface area contributed by atoms with E-state index in [4.69, 9.17) is 5.73 Å². The third kappa shape index (κ3) is 2.13. The van der Waals surface area contributed by atoms with Gasteiger partial charge >= 0.3 is 0 Å². The molecule has 2 aromatic rings. The summed E-state index contributed by atoms with van der Waals surface area (Å²) in [5.41, 5.74) is 8.44. The summed E-state index contributed by atoms with van der Waals surface area (Å²) in [6.07, 6.45) is 5.16. The normalized spacial score (nSPS) is 11.8. The van der Waals surface area contributed by atoms with Gasteiger partial charge in [-0.25, -0.2) is 4.98 Å². The molecule has 2 heterocycles. The van der Waals surface area contributed by atoms with Crippen molar-refractivity contribution in [2.75, 3.05) is 5.73 Å². The average Bonchev–Trinajstić information content (AvgIpc) is 2.60. The lowest BCUT2D eigenvalue weighted by Crippen LogP contribution is -2.14. The Balaban J connectivity index is 2.64. The first-order valence-electron chi connectivity index (χ1n) is 5.50. The quantitative estimate of drug-likeness (QED) is 0.811. The van der Waals surface area contributed by atoms with Crippen LogP contribution < -0.4 is 5.73 Å². The molecule has 0 saturated heterocycles. The van der Waals surface area contributed by atoms with Crippen molar-refractivity contribution in [2.45, 2.75) is 26.2 Å². The van der Waals surface area contributed by atoms with Crippen LogP contribution in [0.1, 0.15) is 26.5 Å². The number of aromatic nitrogens is 4. The Morgan fingerprint density at radius 1 is 1.18 bits per heavy atom. The van der Waals surface area contributed by atoms with Gasteiger partial charge in [-0.05, 0) is 0 Å². The van der Waals surface area contributed by atoms with E-state index in [9.17, 15) is 0 Å². The molecule has 0 spiro atoms. The van der Waals surface area contributed by atoms with E-state index in [1.54, 1.807) is 17.1 Å². The summed E-state index contributed by atoms with van der Waals surface area (Å²) in [7, 11) is 1.89. The first kappa shape index (κ1) is 11.6. The van der Waals surface area contributed by atoms with Crippen molar-refractivity contribution in [3.05, 3.63) is 24.3 Å². The van der Waals surface area contributed by atoms with Gasteiger partial charge in [0.15, 0.2) is 0 Å². The summed E-state index contributed by atoms with van der Waals surface area (Å²) in [4.78, 5) is 8.36. The van der Waals surface area contributed by atoms with Crippen molar-refractivity contribution >= 4 is 5.82 Å². The summed E-state index contributed by atoms with van der Waals surface area (Å²) < 4.78 is 1.78. The molecule has 0 unspecified atom stereocenters. The maximum atomic E-state index is 5.86. The molecule has 0 amide bonds. The Bertz CT molecular complexity index is 536. The molecule has 2 rings (SSSR count). The van der Waals surface area contributed by atoms with Gasteiger partial charge in [0.1, 0.15) is 11.5 Å². The van der Waals surface area contributed by atoms with Crippen molar-refractivity contribution in [2.24, 2.45) is 7.05 Å². The number of aryl methyl sites for hydroxylation is 1. The molecule has 17 heavy (non-hydrogen) atoms. The van der Waals surface area contributed by atoms with Gasteiger partial charge in [0, 0.05) is 36.6 Å². The molecule has 2 aromatic heterocycles. The van der Waals surface area contributed by atoms with Crippen LogP contribution in [0, 0.1) is 0 Å². The molecule has 0 aliphatic carbocycles. The van der Waals surface area contributed by atoms with E-state index < -0.39 is 0 Å². The molecule has 0 radical (unpaired) electrons. The summed E-state index contributed by atoms with van der Waals surface area (Å²) in [5, 5.41) is 4.49. The highest BCUT2D eigenvalue weighted by Crippen LogP contribution is 2.32. The zero-order chi connectivity index (χ0) is 12.6. The van der Waals surface area contributed by atoms with Crippen LogP contribution in [0.2, 0.25) is 0 Å². The van der Waals surface area contributed by atoms with Gasteiger partial charge in [-0.1, -0.05) is 20.8 Å². The number of nitrogen functional groups attached to an aromatic ring is 1. The van der Waals surface area contributed by atoms with Crippen LogP contribution >= 0.6 is 0 Å². The molecule has 0 saturated carbocycles. The van der Waals surface area contributed by atoms with Crippen molar-refractivity contribution < 1.29 is 0 Å². The second-order valence-electron chi connectivity index (χ2n) is 5.11. The summed E-state index contributed by atoms with van der Waals surface area (Å²) in [6.45, 7) is 6.35. The first-order valence-corrected chi connectivity index (χ1v) is 5.50. The van der Waals surface area contributed by atoms with Crippen LogP contribution in [-0.4, -0.2) is 19.7 Å². The molecule has 0 atom stereocenters. The van der Waals surface area contributed by atoms with Crippen LogP contribution in [0.15, 0.2) is 18.6 Å². The maximum absolute atomic E-state index is 5.86. The average molecular weight is 231 g/mol. The van der Waals surface area contributed by atoms with Crippen LogP contribution in [0.5, 0.6) is 0 Å². The van der Waals surface area contributed by atoms with E-state index in [1.807, 2.05) is 13.2 Å². The number of nitrogens with two attached hydrogens (primary N) is 1. The molecule has 0 aliphatic rings. The number of hydrogen-bond donors (Lipinski definition) is 1. The van der Waals surface area contributed by atoms with E-state index in [1.165, 1.54) is 0 Å². The van der Waals surface area contributed by atoms with Gasteiger partial charge in [0.2, 0.25) is 0 Å². The van der Waals surface area contributed by atoms with E-state index in [-0.39, 0.29) is 5.41 Å². The maximum Gasteiger partial charge on any atom is 0.150 e. The largest absolute Gasteiger partial charge is 0.382 e. The Morgan fingerprint density at radius 3 is 2.41 bits per heavy atom. The SMILES string of the molecule is Cn1cc(-c2nccnc2N)c(C(C)(C)C)n1. The van der Waals surface area contributed by atoms with Crippen LogP contribution in [0.3, 0.4) is 0 Å². The van der Waals surface area contributed by atoms with Crippen molar-refractivity contribution in [1.29, 1.82) is 0 Å². The molecule has 0 bridgehead atoms. The molecule has 5 heteroatoms. The Labute approximate surface area is 101 Å². The monoisotopic (exact) mass is 231 g/mol. The van der Waals surface area contributed by atoms with Crippen molar-refractivity contribution in [1.82, 2.24) is 19.7 Å². The number of nitrogens with zero attached hydrogens (tertiary/aromatic N) is 4. The smallest absolute Gasteiger partial charge is 0.150 e. The fourth-order valence-corrected chi connectivity index (χ4v) is 1.77. The van der Waals surface area contributed by atoms with E-state index in [0.717, 1.165) is 11.3 Å². The van der Waals surface area contributed by atoms with Gasteiger partial charge in [-0.15, -0.1) is 0 Å². The topological polar surface area (TPSA) is 69.6 Å². The minimum atomic E-state index is -0.0550. The van der Waals surface area contributed by atoms with Crippen molar-refractivity contribution in [3.8, 4) is 11.3 Å². The number of anilines is 1.